The minimum Gasteiger partial charge on any atom is -0.497 e. The lowest BCUT2D eigenvalue weighted by molar-refractivity contribution is 0.202. The topological polar surface area (TPSA) is 36.5 Å². The second-order valence-electron chi connectivity index (χ2n) is 4.86. The summed E-state index contributed by atoms with van der Waals surface area (Å²) in [5.41, 5.74) is 4.16. The Kier molecular flexibility index (Phi) is 3.45. The number of nitrogens with one attached hydrogen (secondary N) is 2. The highest BCUT2D eigenvalue weighted by Gasteiger charge is 2.38. The Morgan fingerprint density at radius 2 is 1.89 bits per heavy atom. The number of methoxy groups -OCH3 is 1. The lowest BCUT2D eigenvalue weighted by Crippen LogP contribution is -2.47. The summed E-state index contributed by atoms with van der Waals surface area (Å²) in [5.74, 6) is 0.851. The molecule has 0 radical (unpaired) electrons. The summed E-state index contributed by atoms with van der Waals surface area (Å²) in [5, 5.41) is 6.02. The van der Waals surface area contributed by atoms with Crippen LogP contribution < -0.4 is 15.5 Å². The Morgan fingerprint density at radius 3 is 2.33 bits per heavy atom. The average molecular weight is 265 g/mol. The normalized spacial score (nSPS) is 23.4. The van der Waals surface area contributed by atoms with E-state index in [1.807, 2.05) is 29.3 Å². The van der Waals surface area contributed by atoms with Gasteiger partial charge in [0.05, 0.1) is 7.11 Å². The molecule has 1 saturated heterocycles. The van der Waals surface area contributed by atoms with Gasteiger partial charge in [-0.15, -0.1) is 0 Å². The molecular weight excluding hydrogens is 246 g/mol. The molecule has 1 heterocycles. The van der Waals surface area contributed by atoms with Crippen molar-refractivity contribution in [2.24, 2.45) is 0 Å². The number of thiocarbonyl (C=S) groups is 1. The molecule has 98 valence electrons. The molecule has 1 aromatic carbocycles. The molecule has 2 rings (SSSR count). The largest absolute Gasteiger partial charge is 0.497 e. The first-order valence-electron chi connectivity index (χ1n) is 6.00. The fraction of sp³-hybridized carbons (Fsp3) is 0.462. The van der Waals surface area contributed by atoms with Gasteiger partial charge < -0.3 is 10.1 Å². The molecule has 1 aliphatic heterocycles. The third-order valence-electron chi connectivity index (χ3n) is 3.10. The van der Waals surface area contributed by atoms with E-state index in [9.17, 15) is 0 Å². The minimum absolute atomic E-state index is 0.310. The minimum atomic E-state index is -0.367. The maximum atomic E-state index is 5.34. The van der Waals surface area contributed by atoms with Gasteiger partial charge in [0.2, 0.25) is 0 Å². The molecule has 5 heteroatoms. The molecule has 1 unspecified atom stereocenters. The zero-order valence-corrected chi connectivity index (χ0v) is 12.0. The maximum Gasteiger partial charge on any atom is 0.185 e. The molecule has 1 atom stereocenters. The van der Waals surface area contributed by atoms with Crippen LogP contribution in [0.2, 0.25) is 0 Å². The number of ether oxygens (including phenoxy) is 1. The van der Waals surface area contributed by atoms with Crippen LogP contribution in [0, 0.1) is 0 Å². The highest BCUT2D eigenvalue weighted by molar-refractivity contribution is 7.80. The molecule has 0 aromatic heterocycles. The molecule has 18 heavy (non-hydrogen) atoms. The Bertz CT molecular complexity index is 446. The Morgan fingerprint density at radius 1 is 1.28 bits per heavy atom. The Balaban J connectivity index is 2.24. The van der Waals surface area contributed by atoms with Crippen molar-refractivity contribution in [3.05, 3.63) is 29.8 Å². The molecule has 0 spiro atoms. The summed E-state index contributed by atoms with van der Waals surface area (Å²) in [6.45, 7) is 6.27. The monoisotopic (exact) mass is 265 g/mol. The van der Waals surface area contributed by atoms with Crippen molar-refractivity contribution in [3.63, 3.8) is 0 Å². The van der Waals surface area contributed by atoms with E-state index >= 15 is 0 Å². The third kappa shape index (κ3) is 2.28. The van der Waals surface area contributed by atoms with E-state index in [2.05, 4.69) is 31.5 Å². The first-order valence-corrected chi connectivity index (χ1v) is 6.41. The molecule has 1 aromatic rings. The summed E-state index contributed by atoms with van der Waals surface area (Å²) >= 11 is 5.34. The van der Waals surface area contributed by atoms with Gasteiger partial charge in [-0.2, -0.15) is 0 Å². The SMILES string of the molecule is COc1ccc(C2(C)NC(=S)N(C(C)C)N2)cc1. The highest BCUT2D eigenvalue weighted by atomic mass is 32.1. The van der Waals surface area contributed by atoms with Crippen molar-refractivity contribution in [2.45, 2.75) is 32.5 Å². The Labute approximate surface area is 113 Å². The highest BCUT2D eigenvalue weighted by Crippen LogP contribution is 2.25. The first kappa shape index (κ1) is 13.1. The first-order chi connectivity index (χ1) is 8.46. The Hall–Kier alpha value is -1.33. The zero-order valence-electron chi connectivity index (χ0n) is 11.2. The van der Waals surface area contributed by atoms with Gasteiger partial charge in [-0.3, -0.25) is 5.01 Å². The predicted molar refractivity (Wildman–Crippen MR) is 76.2 cm³/mol. The van der Waals surface area contributed by atoms with Crippen LogP contribution in [0.25, 0.3) is 0 Å². The number of rotatable bonds is 3. The number of hydrogen-bond acceptors (Lipinski definition) is 3. The molecule has 0 aliphatic carbocycles. The summed E-state index contributed by atoms with van der Waals surface area (Å²) < 4.78 is 5.17. The van der Waals surface area contributed by atoms with E-state index in [1.54, 1.807) is 7.11 Å². The molecule has 0 bridgehead atoms. The second-order valence-corrected chi connectivity index (χ2v) is 5.25. The fourth-order valence-corrected chi connectivity index (χ4v) is 2.48. The lowest BCUT2D eigenvalue weighted by Gasteiger charge is -2.27. The number of nitrogens with zero attached hydrogens (tertiary/aromatic N) is 1. The molecular formula is C13H19N3OS. The number of hydrogen-bond donors (Lipinski definition) is 2. The van der Waals surface area contributed by atoms with E-state index in [4.69, 9.17) is 17.0 Å². The summed E-state index contributed by atoms with van der Waals surface area (Å²) in [6, 6.07) is 8.28. The van der Waals surface area contributed by atoms with Crippen LogP contribution in [0.3, 0.4) is 0 Å². The quantitative estimate of drug-likeness (QED) is 0.817. The molecule has 2 N–H and O–H groups in total. The van der Waals surface area contributed by atoms with Crippen LogP contribution in [-0.2, 0) is 5.66 Å². The zero-order chi connectivity index (χ0) is 13.3. The van der Waals surface area contributed by atoms with E-state index in [0.717, 1.165) is 16.4 Å². The van der Waals surface area contributed by atoms with Crippen LogP contribution in [0.5, 0.6) is 5.75 Å². The van der Waals surface area contributed by atoms with Crippen LogP contribution in [0.1, 0.15) is 26.3 Å². The number of hydrazine groups is 1. The number of benzene rings is 1. The molecule has 1 fully saturated rings. The fourth-order valence-electron chi connectivity index (χ4n) is 2.02. The van der Waals surface area contributed by atoms with Crippen molar-refractivity contribution in [1.82, 2.24) is 15.8 Å². The molecule has 1 aliphatic rings. The van der Waals surface area contributed by atoms with Crippen molar-refractivity contribution >= 4 is 17.3 Å². The van der Waals surface area contributed by atoms with Gasteiger partial charge in [-0.1, -0.05) is 12.1 Å². The molecule has 0 saturated carbocycles. The van der Waals surface area contributed by atoms with Crippen molar-refractivity contribution in [3.8, 4) is 5.75 Å². The van der Waals surface area contributed by atoms with Gasteiger partial charge in [-0.05, 0) is 50.7 Å². The summed E-state index contributed by atoms with van der Waals surface area (Å²) in [7, 11) is 1.67. The molecule has 4 nitrogen and oxygen atoms in total. The summed E-state index contributed by atoms with van der Waals surface area (Å²) in [4.78, 5) is 0. The van der Waals surface area contributed by atoms with Crippen LogP contribution in [-0.4, -0.2) is 23.3 Å². The predicted octanol–water partition coefficient (Wildman–Crippen LogP) is 1.97. The van der Waals surface area contributed by atoms with Gasteiger partial charge >= 0.3 is 0 Å². The third-order valence-corrected chi connectivity index (χ3v) is 3.40. The summed E-state index contributed by atoms with van der Waals surface area (Å²) in [6.07, 6.45) is 0. The average Bonchev–Trinajstić information content (AvgIpc) is 2.66. The van der Waals surface area contributed by atoms with Gasteiger partial charge in [0.1, 0.15) is 11.4 Å². The van der Waals surface area contributed by atoms with Crippen molar-refractivity contribution in [2.75, 3.05) is 7.11 Å². The van der Waals surface area contributed by atoms with E-state index in [1.165, 1.54) is 0 Å². The van der Waals surface area contributed by atoms with Crippen LogP contribution >= 0.6 is 12.2 Å². The van der Waals surface area contributed by atoms with Gasteiger partial charge in [0, 0.05) is 6.04 Å². The second kappa shape index (κ2) is 4.74. The maximum absolute atomic E-state index is 5.34. The van der Waals surface area contributed by atoms with E-state index < -0.39 is 0 Å². The van der Waals surface area contributed by atoms with Gasteiger partial charge in [-0.25, -0.2) is 5.43 Å². The standard InChI is InChI=1S/C13H19N3OS/c1-9(2)16-12(18)14-13(3,15-16)10-5-7-11(17-4)8-6-10/h5-9,15H,1-4H3,(H,14,18). The smallest absolute Gasteiger partial charge is 0.185 e. The van der Waals surface area contributed by atoms with E-state index in [0.29, 0.717) is 6.04 Å². The van der Waals surface area contributed by atoms with E-state index in [-0.39, 0.29) is 5.66 Å². The van der Waals surface area contributed by atoms with Crippen LogP contribution in [0.15, 0.2) is 24.3 Å². The lowest BCUT2D eigenvalue weighted by atomic mass is 10.0. The van der Waals surface area contributed by atoms with Gasteiger partial charge in [0.15, 0.2) is 5.11 Å². The van der Waals surface area contributed by atoms with Gasteiger partial charge in [0.25, 0.3) is 0 Å². The molecule has 0 amide bonds. The van der Waals surface area contributed by atoms with Crippen LogP contribution in [0.4, 0.5) is 0 Å². The van der Waals surface area contributed by atoms with Crippen molar-refractivity contribution in [1.29, 1.82) is 0 Å². The van der Waals surface area contributed by atoms with Crippen molar-refractivity contribution < 1.29 is 4.74 Å².